The van der Waals surface area contributed by atoms with Crippen molar-refractivity contribution in [2.75, 3.05) is 26.2 Å². The molecule has 23 heavy (non-hydrogen) atoms. The first-order valence-corrected chi connectivity index (χ1v) is 9.11. The number of rotatable bonds is 6. The van der Waals surface area contributed by atoms with Crippen LogP contribution in [0.25, 0.3) is 0 Å². The molecule has 0 unspecified atom stereocenters. The van der Waals surface area contributed by atoms with E-state index in [1.807, 2.05) is 18.2 Å². The molecule has 1 aromatic rings. The second kappa shape index (κ2) is 6.81. The molecular weight excluding hydrogens is 358 g/mol. The molecule has 1 saturated heterocycles. The molecule has 2 aliphatic rings. The first-order valence-electron chi connectivity index (χ1n) is 8.32. The number of benzene rings is 1. The smallest absolute Gasteiger partial charge is 0.317 e. The van der Waals surface area contributed by atoms with Crippen molar-refractivity contribution in [1.82, 2.24) is 4.90 Å². The maximum Gasteiger partial charge on any atom is 0.317 e. The molecule has 0 bridgehead atoms. The van der Waals surface area contributed by atoms with Crippen molar-refractivity contribution in [3.63, 3.8) is 0 Å². The predicted molar refractivity (Wildman–Crippen MR) is 92.8 cm³/mol. The zero-order valence-electron chi connectivity index (χ0n) is 13.6. The lowest BCUT2D eigenvalue weighted by Gasteiger charge is -2.31. The largest absolute Gasteiger partial charge is 0.493 e. The van der Waals surface area contributed by atoms with Crippen LogP contribution < -0.4 is 4.74 Å². The fraction of sp³-hybridized carbons (Fsp3) is 0.611. The van der Waals surface area contributed by atoms with Gasteiger partial charge in [-0.25, -0.2) is 0 Å². The van der Waals surface area contributed by atoms with E-state index in [9.17, 15) is 4.79 Å². The van der Waals surface area contributed by atoms with Crippen molar-refractivity contribution in [3.8, 4) is 5.75 Å². The summed E-state index contributed by atoms with van der Waals surface area (Å²) in [7, 11) is 0. The van der Waals surface area contributed by atoms with Crippen LogP contribution in [0.4, 0.5) is 0 Å². The Bertz CT molecular complexity index is 582. The number of carboxylic acids is 1. The molecule has 0 radical (unpaired) electrons. The molecular formula is C18H24BrNO3. The van der Waals surface area contributed by atoms with Crippen LogP contribution >= 0.6 is 15.9 Å². The number of nitrogens with zero attached hydrogens (tertiary/aromatic N) is 1. The third-order valence-electron chi connectivity index (χ3n) is 5.51. The molecule has 5 heteroatoms. The Hall–Kier alpha value is -1.07. The zero-order valence-corrected chi connectivity index (χ0v) is 15.1. The molecule has 1 heterocycles. The van der Waals surface area contributed by atoms with Crippen LogP contribution in [0.3, 0.4) is 0 Å². The Labute approximate surface area is 145 Å². The minimum atomic E-state index is -0.717. The minimum Gasteiger partial charge on any atom is -0.493 e. The van der Waals surface area contributed by atoms with Gasteiger partial charge in [0.2, 0.25) is 0 Å². The van der Waals surface area contributed by atoms with E-state index in [4.69, 9.17) is 9.84 Å². The average molecular weight is 382 g/mol. The van der Waals surface area contributed by atoms with E-state index in [-0.39, 0.29) is 6.54 Å². The van der Waals surface area contributed by atoms with Crippen molar-refractivity contribution >= 4 is 21.9 Å². The van der Waals surface area contributed by atoms with E-state index in [0.717, 1.165) is 60.7 Å². The molecule has 1 atom stereocenters. The van der Waals surface area contributed by atoms with Crippen molar-refractivity contribution in [1.29, 1.82) is 0 Å². The van der Waals surface area contributed by atoms with Gasteiger partial charge in [0.15, 0.2) is 0 Å². The maximum absolute atomic E-state index is 10.8. The van der Waals surface area contributed by atoms with E-state index < -0.39 is 5.97 Å². The lowest BCUT2D eigenvalue weighted by molar-refractivity contribution is -0.138. The van der Waals surface area contributed by atoms with Gasteiger partial charge in [-0.05, 0) is 69.2 Å². The molecule has 1 N–H and O–H groups in total. The number of piperidine rings is 1. The third-order valence-corrected chi connectivity index (χ3v) is 6.37. The summed E-state index contributed by atoms with van der Waals surface area (Å²) < 4.78 is 7.04. The van der Waals surface area contributed by atoms with Crippen molar-refractivity contribution in [3.05, 3.63) is 28.2 Å². The van der Waals surface area contributed by atoms with Crippen LogP contribution in [0.1, 0.15) is 31.2 Å². The molecule has 1 aromatic carbocycles. The van der Waals surface area contributed by atoms with E-state index in [1.54, 1.807) is 0 Å². The van der Waals surface area contributed by atoms with Gasteiger partial charge in [-0.1, -0.05) is 22.0 Å². The monoisotopic (exact) mass is 381 g/mol. The summed E-state index contributed by atoms with van der Waals surface area (Å²) in [6.45, 7) is 4.87. The fourth-order valence-electron chi connectivity index (χ4n) is 3.86. The summed E-state index contributed by atoms with van der Waals surface area (Å²) in [4.78, 5) is 12.8. The van der Waals surface area contributed by atoms with Crippen molar-refractivity contribution < 1.29 is 14.6 Å². The molecule has 1 saturated carbocycles. The Balaban J connectivity index is 1.42. The predicted octanol–water partition coefficient (Wildman–Crippen LogP) is 3.71. The van der Waals surface area contributed by atoms with Crippen LogP contribution in [0.15, 0.2) is 22.7 Å². The molecule has 4 nitrogen and oxygen atoms in total. The molecule has 0 aromatic heterocycles. The van der Waals surface area contributed by atoms with E-state index in [1.165, 1.54) is 6.42 Å². The van der Waals surface area contributed by atoms with Gasteiger partial charge >= 0.3 is 5.97 Å². The zero-order chi connectivity index (χ0) is 16.4. The van der Waals surface area contributed by atoms with Gasteiger partial charge in [-0.2, -0.15) is 0 Å². The molecule has 2 fully saturated rings. The average Bonchev–Trinajstić information content (AvgIpc) is 3.18. The second-order valence-corrected chi connectivity index (χ2v) is 7.79. The molecule has 3 rings (SSSR count). The molecule has 0 amide bonds. The maximum atomic E-state index is 10.8. The molecule has 1 spiro atoms. The first kappa shape index (κ1) is 16.8. The Morgan fingerprint density at radius 3 is 2.87 bits per heavy atom. The third kappa shape index (κ3) is 3.89. The van der Waals surface area contributed by atoms with E-state index in [0.29, 0.717) is 5.41 Å². The summed E-state index contributed by atoms with van der Waals surface area (Å²) in [6, 6.07) is 6.05. The van der Waals surface area contributed by atoms with Gasteiger partial charge < -0.3 is 9.84 Å². The number of likely N-dealkylation sites (tertiary alicyclic amines) is 1. The van der Waals surface area contributed by atoms with Crippen LogP contribution in [0.5, 0.6) is 5.75 Å². The number of carbonyl (C=O) groups is 1. The number of halogens is 1. The van der Waals surface area contributed by atoms with Gasteiger partial charge in [-0.3, -0.25) is 9.69 Å². The quantitative estimate of drug-likeness (QED) is 0.815. The Morgan fingerprint density at radius 2 is 2.17 bits per heavy atom. The van der Waals surface area contributed by atoms with E-state index in [2.05, 4.69) is 27.8 Å². The highest BCUT2D eigenvalue weighted by Gasteiger charge is 2.54. The van der Waals surface area contributed by atoms with Crippen LogP contribution in [0.2, 0.25) is 0 Å². The van der Waals surface area contributed by atoms with Crippen molar-refractivity contribution in [2.45, 2.75) is 32.6 Å². The molecule has 1 aliphatic carbocycles. The van der Waals surface area contributed by atoms with Crippen LogP contribution in [-0.2, 0) is 4.79 Å². The normalized spacial score (nSPS) is 23.0. The van der Waals surface area contributed by atoms with Crippen LogP contribution in [0, 0.1) is 18.3 Å². The number of hydrogen-bond acceptors (Lipinski definition) is 3. The summed E-state index contributed by atoms with van der Waals surface area (Å²) >= 11 is 3.53. The minimum absolute atomic E-state index is 0.187. The molecule has 1 aliphatic heterocycles. The Kier molecular flexibility index (Phi) is 4.97. The summed E-state index contributed by atoms with van der Waals surface area (Å²) in [5.74, 6) is 0.998. The summed E-state index contributed by atoms with van der Waals surface area (Å²) in [5.41, 5.74) is 1.63. The summed E-state index contributed by atoms with van der Waals surface area (Å²) in [6.07, 6.45) is 4.67. The Morgan fingerprint density at radius 1 is 1.43 bits per heavy atom. The highest BCUT2D eigenvalue weighted by Crippen LogP contribution is 2.60. The lowest BCUT2D eigenvalue weighted by Crippen LogP contribution is -2.38. The highest BCUT2D eigenvalue weighted by molar-refractivity contribution is 9.10. The number of hydrogen-bond donors (Lipinski definition) is 1. The van der Waals surface area contributed by atoms with Gasteiger partial charge in [0.25, 0.3) is 0 Å². The lowest BCUT2D eigenvalue weighted by atomic mass is 9.90. The molecule has 126 valence electrons. The number of ether oxygens (including phenoxy) is 1. The SMILES string of the molecule is Cc1c(Br)cccc1OCC[C@@H]1CC12CCN(CC(=O)O)CC2. The topological polar surface area (TPSA) is 49.8 Å². The highest BCUT2D eigenvalue weighted by atomic mass is 79.9. The number of carboxylic acid groups (broad SMARTS) is 1. The van der Waals surface area contributed by atoms with E-state index >= 15 is 0 Å². The van der Waals surface area contributed by atoms with Crippen LogP contribution in [-0.4, -0.2) is 42.2 Å². The first-order chi connectivity index (χ1) is 11.0. The second-order valence-electron chi connectivity index (χ2n) is 6.93. The fourth-order valence-corrected chi connectivity index (χ4v) is 4.20. The van der Waals surface area contributed by atoms with Gasteiger partial charge in [0.05, 0.1) is 13.2 Å². The summed E-state index contributed by atoms with van der Waals surface area (Å²) in [5, 5.41) is 8.87. The standard InChI is InChI=1S/C18H24BrNO3/c1-13-15(19)3-2-4-16(13)23-10-5-14-11-18(14)6-8-20(9-7-18)12-17(21)22/h2-4,14H,5-12H2,1H3,(H,21,22)/t14-/m1/s1. The number of aliphatic carboxylic acids is 1. The van der Waals surface area contributed by atoms with Crippen molar-refractivity contribution in [2.24, 2.45) is 11.3 Å². The van der Waals surface area contributed by atoms with Gasteiger partial charge in [0, 0.05) is 10.0 Å². The van der Waals surface area contributed by atoms with Gasteiger partial charge in [-0.15, -0.1) is 0 Å². The van der Waals surface area contributed by atoms with Gasteiger partial charge in [0.1, 0.15) is 5.75 Å².